The summed E-state index contributed by atoms with van der Waals surface area (Å²) in [7, 11) is 0. The first-order chi connectivity index (χ1) is 40.9. The zero-order chi connectivity index (χ0) is 59.4. The van der Waals surface area contributed by atoms with Crippen LogP contribution < -0.4 is 26.4 Å². The Kier molecular flexibility index (Phi) is 15.6. The smallest absolute Gasteiger partial charge is 0.410 e. The average Bonchev–Trinajstić information content (AvgIpc) is 2.82. The summed E-state index contributed by atoms with van der Waals surface area (Å²) in [4.78, 5) is 34.0. The molecule has 6 heterocycles. The van der Waals surface area contributed by atoms with Crippen LogP contribution in [0.2, 0.25) is 0 Å². The number of rotatable bonds is 8. The fourth-order valence-electron chi connectivity index (χ4n) is 9.94. The largest absolute Gasteiger partial charge is 0.418 e. The van der Waals surface area contributed by atoms with Gasteiger partial charge in [0.25, 0.3) is 0 Å². The zero-order valence-electron chi connectivity index (χ0n) is 48.7. The highest BCUT2D eigenvalue weighted by molar-refractivity contribution is 6.08. The number of anilines is 4. The number of urea groups is 1. The number of fused-ring (bicyclic) bond motifs is 4. The topological polar surface area (TPSA) is 177 Å². The second kappa shape index (κ2) is 23.6. The number of nitrogens with two attached hydrogens (primary N) is 1. The van der Waals surface area contributed by atoms with Gasteiger partial charge in [-0.05, 0) is 98.8 Å². The first-order valence-corrected chi connectivity index (χ1v) is 28.0. The fraction of sp³-hybridized carbons (Fsp3) is 0.143. The number of nitrogen functional groups attached to an aromatic ring is 1. The summed E-state index contributed by atoms with van der Waals surface area (Å²) < 4.78 is 13.2. The van der Waals surface area contributed by atoms with E-state index in [2.05, 4.69) is 124 Å². The number of carbonyl (C=O) groups is 2. The molecule has 0 unspecified atom stereocenters. The molecule has 85 heavy (non-hydrogen) atoms. The van der Waals surface area contributed by atoms with Crippen LogP contribution in [0.4, 0.5) is 32.6 Å². The number of nitrogens with zero attached hydrogens (tertiary/aromatic N) is 8. The van der Waals surface area contributed by atoms with Gasteiger partial charge < -0.3 is 24.9 Å². The molecule has 13 rings (SSSR count). The Hall–Kier alpha value is -10.8. The van der Waals surface area contributed by atoms with Gasteiger partial charge in [0.2, 0.25) is 0 Å². The lowest BCUT2D eigenvalue weighted by Crippen LogP contribution is -2.21. The lowest BCUT2D eigenvalue weighted by atomic mass is 9.92. The SMILES string of the molecule is Cc1ccc(-n2nc(C(C)(C)C)cc2NC(=O)Nc2ccc(-n3ccc4cnccc43)c3ccccc23)cc1.Cc1ccc(-n2nc(C(C)(C)C)cc2NC(=O)Oc2ccccc2)cc1.Nc1ccc(-n2ccc3cnccc32)c2ccccc12. The highest BCUT2D eigenvalue weighted by Gasteiger charge is 2.24. The summed E-state index contributed by atoms with van der Waals surface area (Å²) >= 11 is 0. The number of aryl methyl sites for hydroxylation is 2. The van der Waals surface area contributed by atoms with Crippen LogP contribution in [0.5, 0.6) is 5.75 Å². The molecule has 0 radical (unpaired) electrons. The molecule has 3 amide bonds. The molecule has 424 valence electrons. The van der Waals surface area contributed by atoms with Gasteiger partial charge in [-0.3, -0.25) is 20.6 Å². The van der Waals surface area contributed by atoms with Crippen molar-refractivity contribution in [3.05, 3.63) is 248 Å². The summed E-state index contributed by atoms with van der Waals surface area (Å²) in [5.41, 5.74) is 17.5. The monoisotopic (exact) mass is 1120 g/mol. The van der Waals surface area contributed by atoms with Gasteiger partial charge in [-0.25, -0.2) is 19.0 Å². The van der Waals surface area contributed by atoms with Crippen LogP contribution in [-0.2, 0) is 10.8 Å². The quantitative estimate of drug-likeness (QED) is 0.109. The van der Waals surface area contributed by atoms with E-state index in [4.69, 9.17) is 15.6 Å². The van der Waals surface area contributed by atoms with E-state index in [9.17, 15) is 9.59 Å². The van der Waals surface area contributed by atoms with Crippen LogP contribution in [0.1, 0.15) is 64.1 Å². The van der Waals surface area contributed by atoms with E-state index < -0.39 is 6.09 Å². The Balaban J connectivity index is 0.000000141. The van der Waals surface area contributed by atoms with Crippen molar-refractivity contribution in [3.63, 3.8) is 0 Å². The third kappa shape index (κ3) is 12.4. The number of hydrogen-bond donors (Lipinski definition) is 4. The van der Waals surface area contributed by atoms with Crippen LogP contribution in [0, 0.1) is 13.8 Å². The van der Waals surface area contributed by atoms with Crippen molar-refractivity contribution < 1.29 is 14.3 Å². The maximum Gasteiger partial charge on any atom is 0.418 e. The van der Waals surface area contributed by atoms with Gasteiger partial charge in [0, 0.05) is 98.1 Å². The normalized spacial score (nSPS) is 11.4. The lowest BCUT2D eigenvalue weighted by molar-refractivity contribution is 0.215. The van der Waals surface area contributed by atoms with Crippen molar-refractivity contribution >= 4 is 78.5 Å². The van der Waals surface area contributed by atoms with Crippen molar-refractivity contribution in [2.24, 2.45) is 0 Å². The number of nitrogens with one attached hydrogen (secondary N) is 3. The summed E-state index contributed by atoms with van der Waals surface area (Å²) in [6, 6.07) is 61.0. The van der Waals surface area contributed by atoms with Gasteiger partial charge in [-0.1, -0.05) is 144 Å². The molecule has 7 aromatic carbocycles. The molecule has 0 aliphatic carbocycles. The van der Waals surface area contributed by atoms with Crippen molar-refractivity contribution in [2.45, 2.75) is 66.2 Å². The number of ether oxygens (including phenoxy) is 1. The number of hydrogen-bond acceptors (Lipinski definition) is 8. The van der Waals surface area contributed by atoms with Crippen molar-refractivity contribution in [2.75, 3.05) is 21.7 Å². The molecule has 0 saturated carbocycles. The van der Waals surface area contributed by atoms with E-state index >= 15 is 0 Å². The molecule has 0 aliphatic heterocycles. The van der Waals surface area contributed by atoms with Crippen molar-refractivity contribution in [1.82, 2.24) is 38.7 Å². The van der Waals surface area contributed by atoms with E-state index in [1.165, 1.54) is 0 Å². The fourth-order valence-corrected chi connectivity index (χ4v) is 9.94. The molecular weight excluding hydrogens is 1060 g/mol. The van der Waals surface area contributed by atoms with E-state index in [0.29, 0.717) is 17.4 Å². The number of pyridine rings is 2. The van der Waals surface area contributed by atoms with Crippen LogP contribution >= 0.6 is 0 Å². The van der Waals surface area contributed by atoms with Gasteiger partial charge in [-0.15, -0.1) is 0 Å². The third-order valence-electron chi connectivity index (χ3n) is 14.5. The number of para-hydroxylation sites is 1. The molecule has 15 nitrogen and oxygen atoms in total. The van der Waals surface area contributed by atoms with Gasteiger partial charge in [-0.2, -0.15) is 10.2 Å². The predicted molar refractivity (Wildman–Crippen MR) is 344 cm³/mol. The lowest BCUT2D eigenvalue weighted by Gasteiger charge is -2.15. The highest BCUT2D eigenvalue weighted by atomic mass is 16.6. The molecule has 0 spiro atoms. The number of benzene rings is 7. The number of aromatic nitrogens is 8. The Morgan fingerprint density at radius 2 is 0.941 bits per heavy atom. The Morgan fingerprint density at radius 3 is 1.46 bits per heavy atom. The Labute approximate surface area is 493 Å². The maximum absolute atomic E-state index is 13.3. The first kappa shape index (κ1) is 56.1. The summed E-state index contributed by atoms with van der Waals surface area (Å²) in [5, 5.41) is 24.8. The summed E-state index contributed by atoms with van der Waals surface area (Å²) in [6.07, 6.45) is 10.9. The molecule has 0 aliphatic rings. The van der Waals surface area contributed by atoms with E-state index in [-0.39, 0.29) is 16.9 Å². The van der Waals surface area contributed by atoms with Crippen LogP contribution in [0.15, 0.2) is 225 Å². The van der Waals surface area contributed by atoms with Crippen LogP contribution in [0.3, 0.4) is 0 Å². The summed E-state index contributed by atoms with van der Waals surface area (Å²) in [6.45, 7) is 16.7. The Morgan fingerprint density at radius 1 is 0.482 bits per heavy atom. The minimum absolute atomic E-state index is 0.143. The minimum Gasteiger partial charge on any atom is -0.410 e. The number of amides is 3. The molecule has 6 aromatic heterocycles. The molecular formula is C70H66N12O3. The molecule has 5 N–H and O–H groups in total. The molecule has 0 saturated heterocycles. The van der Waals surface area contributed by atoms with Gasteiger partial charge >= 0.3 is 12.1 Å². The Bertz CT molecular complexity index is 4520. The third-order valence-corrected chi connectivity index (χ3v) is 14.5. The molecule has 13 aromatic rings. The van der Waals surface area contributed by atoms with Gasteiger partial charge in [0.1, 0.15) is 17.4 Å². The first-order valence-electron chi connectivity index (χ1n) is 28.0. The second-order valence-electron chi connectivity index (χ2n) is 22.9. The second-order valence-corrected chi connectivity index (χ2v) is 22.9. The molecule has 0 fully saturated rings. The maximum atomic E-state index is 13.3. The standard InChI is InChI=1S/C32H30N6O.C21H23N3O2.C17H13N3/c1-21-9-11-23(12-10-21)38-30(19-29(36-38)32(2,3)4)35-31(39)34-26-13-14-28(25-8-6-5-7-24(25)26)37-18-16-22-20-33-17-15-27(22)37;1-15-10-12-16(13-11-15)24-19(14-18(23-24)21(2,3)4)22-20(25)26-17-8-6-5-7-9-17;18-15-5-6-17(14-4-2-1-3-13(14)15)20-10-8-12-11-19-9-7-16(12)20/h5-20H,1-4H3,(H2,34,35,39);5-14H,1-4H3,(H,22,25);1-11H,18H2. The van der Waals surface area contributed by atoms with Crippen LogP contribution in [-0.4, -0.2) is 50.8 Å². The molecule has 15 heteroatoms. The average molecular weight is 1120 g/mol. The zero-order valence-corrected chi connectivity index (χ0v) is 48.7. The van der Waals surface area contributed by atoms with Crippen molar-refractivity contribution in [1.29, 1.82) is 0 Å². The predicted octanol–water partition coefficient (Wildman–Crippen LogP) is 16.5. The van der Waals surface area contributed by atoms with Crippen LogP contribution in [0.25, 0.3) is 66.1 Å². The van der Waals surface area contributed by atoms with E-state index in [1.54, 1.807) is 27.7 Å². The van der Waals surface area contributed by atoms with E-state index in [0.717, 1.165) is 100.0 Å². The molecule has 0 atom stereocenters. The van der Waals surface area contributed by atoms with E-state index in [1.807, 2.05) is 178 Å². The van der Waals surface area contributed by atoms with Gasteiger partial charge in [0.05, 0.1) is 50.9 Å². The minimum atomic E-state index is -0.551. The summed E-state index contributed by atoms with van der Waals surface area (Å²) in [5.74, 6) is 1.66. The van der Waals surface area contributed by atoms with Gasteiger partial charge in [0.15, 0.2) is 0 Å². The number of carbonyl (C=O) groups excluding carboxylic acids is 2. The molecule has 0 bridgehead atoms. The highest BCUT2D eigenvalue weighted by Crippen LogP contribution is 2.34. The van der Waals surface area contributed by atoms with Crippen molar-refractivity contribution in [3.8, 4) is 28.5 Å².